The second-order valence-corrected chi connectivity index (χ2v) is 4.39. The van der Waals surface area contributed by atoms with Crippen LogP contribution in [0.5, 0.6) is 0 Å². The van der Waals surface area contributed by atoms with Crippen LogP contribution in [0.15, 0.2) is 22.7 Å². The first-order valence-electron chi connectivity index (χ1n) is 5.05. The third kappa shape index (κ3) is 4.44. The number of anilines is 1. The van der Waals surface area contributed by atoms with Crippen molar-refractivity contribution >= 4 is 33.5 Å². The maximum absolute atomic E-state index is 11.2. The van der Waals surface area contributed by atoms with E-state index in [2.05, 4.69) is 21.2 Å². The number of benzene rings is 1. The van der Waals surface area contributed by atoms with E-state index < -0.39 is 11.9 Å². The Hall–Kier alpha value is -1.56. The number of carboxylic acid groups (broad SMARTS) is 1. The molecule has 1 aromatic rings. The van der Waals surface area contributed by atoms with E-state index in [4.69, 9.17) is 10.8 Å². The van der Waals surface area contributed by atoms with Crippen LogP contribution >= 0.6 is 15.9 Å². The van der Waals surface area contributed by atoms with Gasteiger partial charge in [-0.25, -0.2) is 0 Å². The highest BCUT2D eigenvalue weighted by atomic mass is 79.9. The Kier molecular flexibility index (Phi) is 4.96. The van der Waals surface area contributed by atoms with Crippen molar-refractivity contribution in [2.75, 3.05) is 11.9 Å². The summed E-state index contributed by atoms with van der Waals surface area (Å²) in [4.78, 5) is 21.5. The fourth-order valence-corrected chi connectivity index (χ4v) is 1.70. The fourth-order valence-electron chi connectivity index (χ4n) is 1.34. The summed E-state index contributed by atoms with van der Waals surface area (Å²) in [6.07, 6.45) is 0.582. The Labute approximate surface area is 107 Å². The van der Waals surface area contributed by atoms with Crippen LogP contribution in [0, 0.1) is 0 Å². The molecular formula is C11H13BrN2O3. The summed E-state index contributed by atoms with van der Waals surface area (Å²) in [5.41, 5.74) is 6.24. The van der Waals surface area contributed by atoms with E-state index in [1.54, 1.807) is 18.2 Å². The second kappa shape index (κ2) is 6.24. The van der Waals surface area contributed by atoms with E-state index in [1.165, 1.54) is 0 Å². The average Bonchev–Trinajstić information content (AvgIpc) is 2.25. The Morgan fingerprint density at radius 2 is 2.12 bits per heavy atom. The Morgan fingerprint density at radius 3 is 2.71 bits per heavy atom. The third-order valence-electron chi connectivity index (χ3n) is 2.13. The first-order valence-corrected chi connectivity index (χ1v) is 5.85. The van der Waals surface area contributed by atoms with Crippen molar-refractivity contribution in [3.05, 3.63) is 28.2 Å². The predicted molar refractivity (Wildman–Crippen MR) is 68.0 cm³/mol. The van der Waals surface area contributed by atoms with Crippen molar-refractivity contribution in [2.24, 2.45) is 5.73 Å². The monoisotopic (exact) mass is 300 g/mol. The molecular weight excluding hydrogens is 288 g/mol. The molecule has 1 amide bonds. The van der Waals surface area contributed by atoms with Crippen LogP contribution in [0.1, 0.15) is 23.2 Å². The molecule has 0 bridgehead atoms. The first-order chi connectivity index (χ1) is 8.00. The molecule has 0 radical (unpaired) electrons. The van der Waals surface area contributed by atoms with Gasteiger partial charge in [0, 0.05) is 23.1 Å². The van der Waals surface area contributed by atoms with Gasteiger partial charge in [-0.2, -0.15) is 0 Å². The third-order valence-corrected chi connectivity index (χ3v) is 2.62. The van der Waals surface area contributed by atoms with Gasteiger partial charge in [-0.3, -0.25) is 9.59 Å². The lowest BCUT2D eigenvalue weighted by Crippen LogP contribution is -2.15. The van der Waals surface area contributed by atoms with Crippen molar-refractivity contribution in [2.45, 2.75) is 12.8 Å². The lowest BCUT2D eigenvalue weighted by molar-refractivity contribution is -0.137. The molecule has 1 aromatic carbocycles. The molecule has 0 unspecified atom stereocenters. The number of aliphatic carboxylic acids is 1. The molecule has 0 aliphatic rings. The summed E-state index contributed by atoms with van der Waals surface area (Å²) in [5.74, 6) is -1.36. The number of nitrogens with two attached hydrogens (primary N) is 1. The minimum atomic E-state index is -0.835. The maximum atomic E-state index is 11.2. The average molecular weight is 301 g/mol. The summed E-state index contributed by atoms with van der Waals surface area (Å²) in [6.45, 7) is 0.480. The molecule has 0 atom stereocenters. The molecule has 5 nitrogen and oxygen atoms in total. The van der Waals surface area contributed by atoms with E-state index >= 15 is 0 Å². The highest BCUT2D eigenvalue weighted by Crippen LogP contribution is 2.20. The van der Waals surface area contributed by atoms with Crippen molar-refractivity contribution < 1.29 is 14.7 Å². The van der Waals surface area contributed by atoms with Gasteiger partial charge in [0.05, 0.1) is 5.56 Å². The summed E-state index contributed by atoms with van der Waals surface area (Å²) in [7, 11) is 0. The SMILES string of the molecule is NC(=O)c1cc(Br)ccc1NCCCC(=O)O. The number of halogens is 1. The van der Waals surface area contributed by atoms with Crippen LogP contribution < -0.4 is 11.1 Å². The molecule has 1 rings (SSSR count). The number of rotatable bonds is 6. The van der Waals surface area contributed by atoms with Gasteiger partial charge in [0.15, 0.2) is 0 Å². The second-order valence-electron chi connectivity index (χ2n) is 3.48. The zero-order chi connectivity index (χ0) is 12.8. The smallest absolute Gasteiger partial charge is 0.303 e. The Balaban J connectivity index is 2.64. The summed E-state index contributed by atoms with van der Waals surface area (Å²) >= 11 is 3.25. The molecule has 92 valence electrons. The number of hydrogen-bond donors (Lipinski definition) is 3. The molecule has 17 heavy (non-hydrogen) atoms. The van der Waals surface area contributed by atoms with Crippen LogP contribution in [-0.2, 0) is 4.79 Å². The van der Waals surface area contributed by atoms with Crippen molar-refractivity contribution in [1.29, 1.82) is 0 Å². The Morgan fingerprint density at radius 1 is 1.41 bits per heavy atom. The van der Waals surface area contributed by atoms with Crippen LogP contribution in [0.25, 0.3) is 0 Å². The van der Waals surface area contributed by atoms with Gasteiger partial charge in [0.25, 0.3) is 5.91 Å². The highest BCUT2D eigenvalue weighted by molar-refractivity contribution is 9.10. The number of carboxylic acids is 1. The lowest BCUT2D eigenvalue weighted by Gasteiger charge is -2.09. The molecule has 0 saturated heterocycles. The van der Waals surface area contributed by atoms with E-state index in [-0.39, 0.29) is 6.42 Å². The number of primary amides is 1. The normalized spacial score (nSPS) is 9.94. The molecule has 4 N–H and O–H groups in total. The molecule has 0 saturated carbocycles. The van der Waals surface area contributed by atoms with Gasteiger partial charge in [0.1, 0.15) is 0 Å². The van der Waals surface area contributed by atoms with Gasteiger partial charge < -0.3 is 16.2 Å². The van der Waals surface area contributed by atoms with Gasteiger partial charge in [-0.15, -0.1) is 0 Å². The topological polar surface area (TPSA) is 92.4 Å². The number of carbonyl (C=O) groups is 2. The molecule has 6 heteroatoms. The quantitative estimate of drug-likeness (QED) is 0.699. The highest BCUT2D eigenvalue weighted by Gasteiger charge is 2.08. The van der Waals surface area contributed by atoms with Gasteiger partial charge in [-0.05, 0) is 24.6 Å². The molecule has 0 spiro atoms. The standard InChI is InChI=1S/C11H13BrN2O3/c12-7-3-4-9(8(6-7)11(13)17)14-5-1-2-10(15)16/h3-4,6,14H,1-2,5H2,(H2,13,17)(H,15,16). The van der Waals surface area contributed by atoms with Crippen LogP contribution in [-0.4, -0.2) is 23.5 Å². The first kappa shape index (κ1) is 13.5. The minimum Gasteiger partial charge on any atom is -0.481 e. The van der Waals surface area contributed by atoms with Crippen LogP contribution in [0.2, 0.25) is 0 Å². The summed E-state index contributed by atoms with van der Waals surface area (Å²) in [6, 6.07) is 5.14. The summed E-state index contributed by atoms with van der Waals surface area (Å²) < 4.78 is 0.766. The number of hydrogen-bond acceptors (Lipinski definition) is 3. The van der Waals surface area contributed by atoms with Gasteiger partial charge in [0.2, 0.25) is 0 Å². The van der Waals surface area contributed by atoms with E-state index in [1.807, 2.05) is 0 Å². The molecule has 0 aliphatic heterocycles. The Bertz CT molecular complexity index is 435. The minimum absolute atomic E-state index is 0.0927. The number of carbonyl (C=O) groups excluding carboxylic acids is 1. The number of nitrogens with one attached hydrogen (secondary N) is 1. The maximum Gasteiger partial charge on any atom is 0.303 e. The van der Waals surface area contributed by atoms with Crippen molar-refractivity contribution in [1.82, 2.24) is 0 Å². The van der Waals surface area contributed by atoms with Crippen molar-refractivity contribution in [3.8, 4) is 0 Å². The predicted octanol–water partition coefficient (Wildman–Crippen LogP) is 1.82. The lowest BCUT2D eigenvalue weighted by atomic mass is 10.1. The van der Waals surface area contributed by atoms with Crippen molar-refractivity contribution in [3.63, 3.8) is 0 Å². The number of amides is 1. The molecule has 0 fully saturated rings. The van der Waals surface area contributed by atoms with Gasteiger partial charge >= 0.3 is 5.97 Å². The largest absolute Gasteiger partial charge is 0.481 e. The molecule has 0 heterocycles. The van der Waals surface area contributed by atoms with E-state index in [0.29, 0.717) is 24.2 Å². The zero-order valence-electron chi connectivity index (χ0n) is 9.07. The van der Waals surface area contributed by atoms with Crippen LogP contribution in [0.3, 0.4) is 0 Å². The van der Waals surface area contributed by atoms with E-state index in [9.17, 15) is 9.59 Å². The molecule has 0 aromatic heterocycles. The molecule has 0 aliphatic carbocycles. The van der Waals surface area contributed by atoms with Crippen LogP contribution in [0.4, 0.5) is 5.69 Å². The van der Waals surface area contributed by atoms with Gasteiger partial charge in [-0.1, -0.05) is 15.9 Å². The fraction of sp³-hybridized carbons (Fsp3) is 0.273. The zero-order valence-corrected chi connectivity index (χ0v) is 10.7. The summed E-state index contributed by atoms with van der Waals surface area (Å²) in [5, 5.41) is 11.5. The van der Waals surface area contributed by atoms with E-state index in [0.717, 1.165) is 4.47 Å².